The molecule has 3 rings (SSSR count). The third-order valence-corrected chi connectivity index (χ3v) is 3.15. The van der Waals surface area contributed by atoms with Crippen LogP contribution in [0.4, 0.5) is 0 Å². The number of aliphatic hydroxyl groups is 1. The van der Waals surface area contributed by atoms with E-state index < -0.39 is 6.29 Å². The highest BCUT2D eigenvalue weighted by atomic mass is 16.6. The van der Waals surface area contributed by atoms with Crippen molar-refractivity contribution < 1.29 is 14.6 Å². The largest absolute Gasteiger partial charge is 0.461 e. The molecule has 0 bridgehead atoms. The summed E-state index contributed by atoms with van der Waals surface area (Å²) in [5.74, 6) is 0.261. The van der Waals surface area contributed by atoms with Crippen LogP contribution in [0.25, 0.3) is 16.5 Å². The van der Waals surface area contributed by atoms with Crippen LogP contribution >= 0.6 is 0 Å². The molecule has 3 nitrogen and oxygen atoms in total. The summed E-state index contributed by atoms with van der Waals surface area (Å²) >= 11 is 0. The molecular weight excluding hydrogens is 240 g/mol. The van der Waals surface area contributed by atoms with Crippen molar-refractivity contribution in [3.63, 3.8) is 0 Å². The molecule has 1 N–H and O–H groups in total. The quantitative estimate of drug-likeness (QED) is 0.675. The maximum absolute atomic E-state index is 12.1. The Hall–Kier alpha value is -2.39. The first kappa shape index (κ1) is 11.7. The molecule has 0 saturated heterocycles. The maximum Gasteiger partial charge on any atom is 0.217 e. The third-order valence-electron chi connectivity index (χ3n) is 3.15. The number of aliphatic hydroxyl groups excluding tert-OH is 1. The Bertz CT molecular complexity index is 708. The van der Waals surface area contributed by atoms with Crippen LogP contribution in [0.5, 0.6) is 0 Å². The second kappa shape index (κ2) is 4.37. The van der Waals surface area contributed by atoms with Gasteiger partial charge in [-0.2, -0.15) is 0 Å². The Morgan fingerprint density at radius 1 is 1.16 bits per heavy atom. The van der Waals surface area contributed by atoms with Crippen molar-refractivity contribution in [3.8, 4) is 0 Å². The molecule has 2 aromatic rings. The molecule has 0 saturated carbocycles. The number of carbonyl (C=O) groups excluding carboxylic acids is 1. The number of rotatable bonds is 3. The van der Waals surface area contributed by atoms with E-state index in [2.05, 4.69) is 6.58 Å². The van der Waals surface area contributed by atoms with Gasteiger partial charge in [0.25, 0.3) is 0 Å². The Kier molecular flexibility index (Phi) is 2.69. The lowest BCUT2D eigenvalue weighted by molar-refractivity contribution is 0.00250. The van der Waals surface area contributed by atoms with Gasteiger partial charge in [0, 0.05) is 22.6 Å². The van der Waals surface area contributed by atoms with E-state index >= 15 is 0 Å². The Balaban J connectivity index is 2.22. The van der Waals surface area contributed by atoms with Gasteiger partial charge in [0.1, 0.15) is 5.76 Å². The zero-order valence-electron chi connectivity index (χ0n) is 10.2. The van der Waals surface area contributed by atoms with Crippen LogP contribution < -0.4 is 0 Å². The summed E-state index contributed by atoms with van der Waals surface area (Å²) in [7, 11) is 0. The minimum absolute atomic E-state index is 0.115. The molecule has 3 heteroatoms. The second-order valence-electron chi connectivity index (χ2n) is 4.33. The first-order valence-electron chi connectivity index (χ1n) is 5.96. The molecule has 94 valence electrons. The number of ether oxygens (including phenoxy) is 1. The Labute approximate surface area is 110 Å². The number of ketones is 1. The molecule has 1 aliphatic rings. The molecule has 1 atom stereocenters. The SMILES string of the molecule is C=CC(O)OC1=CC(=O)c2cccc3cccc1c23. The summed E-state index contributed by atoms with van der Waals surface area (Å²) in [4.78, 5) is 12.1. The molecule has 1 unspecified atom stereocenters. The average Bonchev–Trinajstić information content (AvgIpc) is 2.44. The van der Waals surface area contributed by atoms with Gasteiger partial charge in [-0.25, -0.2) is 0 Å². The van der Waals surface area contributed by atoms with Crippen molar-refractivity contribution in [2.24, 2.45) is 0 Å². The van der Waals surface area contributed by atoms with Crippen LogP contribution in [0.1, 0.15) is 15.9 Å². The summed E-state index contributed by atoms with van der Waals surface area (Å²) in [6, 6.07) is 11.3. The summed E-state index contributed by atoms with van der Waals surface area (Å²) in [6.45, 7) is 3.45. The van der Waals surface area contributed by atoms with Crippen LogP contribution in [0.15, 0.2) is 55.1 Å². The fourth-order valence-electron chi connectivity index (χ4n) is 2.30. The van der Waals surface area contributed by atoms with E-state index in [-0.39, 0.29) is 5.78 Å². The van der Waals surface area contributed by atoms with Crippen molar-refractivity contribution >= 4 is 22.3 Å². The normalized spacial score (nSPS) is 15.0. The lowest BCUT2D eigenvalue weighted by Gasteiger charge is -2.19. The van der Waals surface area contributed by atoms with Gasteiger partial charge in [-0.15, -0.1) is 0 Å². The molecule has 0 aromatic heterocycles. The van der Waals surface area contributed by atoms with Gasteiger partial charge in [-0.05, 0) is 11.5 Å². The number of allylic oxidation sites excluding steroid dienone is 1. The van der Waals surface area contributed by atoms with Crippen molar-refractivity contribution in [3.05, 3.63) is 66.3 Å². The average molecular weight is 252 g/mol. The highest BCUT2D eigenvalue weighted by Crippen LogP contribution is 2.33. The van der Waals surface area contributed by atoms with Crippen molar-refractivity contribution in [1.82, 2.24) is 0 Å². The van der Waals surface area contributed by atoms with Crippen LogP contribution in [0.3, 0.4) is 0 Å². The third kappa shape index (κ3) is 1.84. The zero-order valence-corrected chi connectivity index (χ0v) is 10.2. The fourth-order valence-corrected chi connectivity index (χ4v) is 2.30. The molecule has 0 fully saturated rings. The highest BCUT2D eigenvalue weighted by Gasteiger charge is 2.21. The predicted octanol–water partition coefficient (Wildman–Crippen LogP) is 2.90. The summed E-state index contributed by atoms with van der Waals surface area (Å²) in [6.07, 6.45) is 1.55. The lowest BCUT2D eigenvalue weighted by Crippen LogP contribution is -2.12. The second-order valence-corrected chi connectivity index (χ2v) is 4.33. The van der Waals surface area contributed by atoms with Gasteiger partial charge in [0.15, 0.2) is 5.78 Å². The topological polar surface area (TPSA) is 46.5 Å². The van der Waals surface area contributed by atoms with Crippen LogP contribution in [0.2, 0.25) is 0 Å². The minimum atomic E-state index is -1.13. The molecule has 0 aliphatic heterocycles. The van der Waals surface area contributed by atoms with Crippen LogP contribution in [0, 0.1) is 0 Å². The van der Waals surface area contributed by atoms with E-state index in [9.17, 15) is 9.90 Å². The number of benzene rings is 2. The molecule has 2 aromatic carbocycles. The lowest BCUT2D eigenvalue weighted by atomic mass is 9.91. The van der Waals surface area contributed by atoms with E-state index in [1.807, 2.05) is 30.3 Å². The van der Waals surface area contributed by atoms with E-state index in [1.54, 1.807) is 6.07 Å². The molecular formula is C16H12O3. The highest BCUT2D eigenvalue weighted by molar-refractivity contribution is 6.21. The van der Waals surface area contributed by atoms with Gasteiger partial charge in [0.2, 0.25) is 6.29 Å². The summed E-state index contributed by atoms with van der Waals surface area (Å²) in [5.41, 5.74) is 1.47. The zero-order chi connectivity index (χ0) is 13.4. The standard InChI is InChI=1S/C16H12O3/c1-2-15(18)19-14-9-13(17)11-7-3-5-10-6-4-8-12(14)16(10)11/h2-9,15,18H,1H2. The summed E-state index contributed by atoms with van der Waals surface area (Å²) < 4.78 is 5.34. The molecule has 0 heterocycles. The van der Waals surface area contributed by atoms with Gasteiger partial charge in [-0.1, -0.05) is 43.0 Å². The van der Waals surface area contributed by atoms with E-state index in [1.165, 1.54) is 12.2 Å². The van der Waals surface area contributed by atoms with Crippen molar-refractivity contribution in [2.75, 3.05) is 0 Å². The molecule has 19 heavy (non-hydrogen) atoms. The number of carbonyl (C=O) groups is 1. The number of hydrogen-bond acceptors (Lipinski definition) is 3. The minimum Gasteiger partial charge on any atom is -0.461 e. The van der Waals surface area contributed by atoms with Crippen LogP contribution in [-0.4, -0.2) is 17.2 Å². The van der Waals surface area contributed by atoms with Crippen molar-refractivity contribution in [1.29, 1.82) is 0 Å². The van der Waals surface area contributed by atoms with Gasteiger partial charge >= 0.3 is 0 Å². The van der Waals surface area contributed by atoms with Crippen molar-refractivity contribution in [2.45, 2.75) is 6.29 Å². The monoisotopic (exact) mass is 252 g/mol. The molecule has 0 amide bonds. The molecule has 0 radical (unpaired) electrons. The van der Waals surface area contributed by atoms with E-state index in [0.29, 0.717) is 11.3 Å². The van der Waals surface area contributed by atoms with E-state index in [0.717, 1.165) is 16.3 Å². The molecule has 0 spiro atoms. The predicted molar refractivity (Wildman–Crippen MR) is 73.5 cm³/mol. The van der Waals surface area contributed by atoms with Gasteiger partial charge < -0.3 is 9.84 Å². The first-order chi connectivity index (χ1) is 9.20. The number of hydrogen-bond donors (Lipinski definition) is 1. The first-order valence-corrected chi connectivity index (χ1v) is 5.96. The van der Waals surface area contributed by atoms with Gasteiger partial charge in [-0.3, -0.25) is 4.79 Å². The van der Waals surface area contributed by atoms with Crippen LogP contribution in [-0.2, 0) is 4.74 Å². The maximum atomic E-state index is 12.1. The smallest absolute Gasteiger partial charge is 0.217 e. The van der Waals surface area contributed by atoms with Gasteiger partial charge in [0.05, 0.1) is 0 Å². The van der Waals surface area contributed by atoms with E-state index in [4.69, 9.17) is 4.74 Å². The molecule has 1 aliphatic carbocycles. The summed E-state index contributed by atoms with van der Waals surface area (Å²) in [5, 5.41) is 11.3. The Morgan fingerprint density at radius 2 is 1.84 bits per heavy atom. The fraction of sp³-hybridized carbons (Fsp3) is 0.0625. The Morgan fingerprint density at radius 3 is 2.53 bits per heavy atom.